The van der Waals surface area contributed by atoms with Crippen LogP contribution in [-0.4, -0.2) is 20.9 Å². The van der Waals surface area contributed by atoms with Crippen LogP contribution < -0.4 is 15.0 Å². The third-order valence-corrected chi connectivity index (χ3v) is 5.66. The summed E-state index contributed by atoms with van der Waals surface area (Å²) in [6.07, 6.45) is 1.89. The quantitative estimate of drug-likeness (QED) is 0.644. The zero-order valence-electron chi connectivity index (χ0n) is 15.9. The van der Waals surface area contributed by atoms with E-state index in [1.165, 1.54) is 17.7 Å². The second-order valence-electron chi connectivity index (χ2n) is 6.32. The molecule has 2 aromatic rings. The largest absolute Gasteiger partial charge is 0.484 e. The Balaban J connectivity index is 1.87. The van der Waals surface area contributed by atoms with E-state index in [-0.39, 0.29) is 11.5 Å². The average Bonchev–Trinajstić information content (AvgIpc) is 2.70. The summed E-state index contributed by atoms with van der Waals surface area (Å²) in [5, 5.41) is 0. The molecule has 0 unspecified atom stereocenters. The number of ether oxygens (including phenoxy) is 1. The number of hydrogen-bond donors (Lipinski definition) is 2. The SMILES string of the molecule is CCc1ccc(OCC(=O)NNS(=O)(=O)c2ccc([C@@H](C)CC)cc2)cc1. The first-order valence-corrected chi connectivity index (χ1v) is 10.5. The van der Waals surface area contributed by atoms with Crippen molar-refractivity contribution in [3.05, 3.63) is 59.7 Å². The van der Waals surface area contributed by atoms with Gasteiger partial charge in [0.25, 0.3) is 15.9 Å². The molecule has 0 aliphatic rings. The third kappa shape index (κ3) is 6.08. The van der Waals surface area contributed by atoms with Gasteiger partial charge in [0, 0.05) is 0 Å². The summed E-state index contributed by atoms with van der Waals surface area (Å²) in [6.45, 7) is 5.92. The van der Waals surface area contributed by atoms with E-state index >= 15 is 0 Å². The van der Waals surface area contributed by atoms with Gasteiger partial charge < -0.3 is 4.74 Å². The molecule has 146 valence electrons. The molecule has 27 heavy (non-hydrogen) atoms. The number of rotatable bonds is 9. The van der Waals surface area contributed by atoms with E-state index in [1.807, 2.05) is 19.1 Å². The van der Waals surface area contributed by atoms with Crippen molar-refractivity contribution in [2.24, 2.45) is 0 Å². The molecule has 1 amide bonds. The monoisotopic (exact) mass is 390 g/mol. The van der Waals surface area contributed by atoms with Crippen LogP contribution in [-0.2, 0) is 21.2 Å². The maximum absolute atomic E-state index is 12.3. The number of amides is 1. The Hall–Kier alpha value is -2.38. The van der Waals surface area contributed by atoms with Gasteiger partial charge in [0.1, 0.15) is 5.75 Å². The third-order valence-electron chi connectivity index (χ3n) is 4.40. The Bertz CT molecular complexity index is 847. The summed E-state index contributed by atoms with van der Waals surface area (Å²) in [4.78, 5) is 14.0. The molecule has 6 nitrogen and oxygen atoms in total. The van der Waals surface area contributed by atoms with Crippen molar-refractivity contribution in [2.75, 3.05) is 6.61 Å². The van der Waals surface area contributed by atoms with Crippen molar-refractivity contribution in [2.45, 2.75) is 44.4 Å². The fraction of sp³-hybridized carbons (Fsp3) is 0.350. The molecule has 0 saturated carbocycles. The van der Waals surface area contributed by atoms with Crippen LogP contribution in [0.3, 0.4) is 0 Å². The van der Waals surface area contributed by atoms with Crippen LogP contribution >= 0.6 is 0 Å². The van der Waals surface area contributed by atoms with Crippen LogP contribution in [0.5, 0.6) is 5.75 Å². The molecule has 0 fully saturated rings. The molecule has 0 aliphatic heterocycles. The number of sulfonamides is 1. The first-order chi connectivity index (χ1) is 12.9. The maximum Gasteiger partial charge on any atom is 0.272 e. The van der Waals surface area contributed by atoms with Gasteiger partial charge >= 0.3 is 0 Å². The fourth-order valence-electron chi connectivity index (χ4n) is 2.40. The second-order valence-corrected chi connectivity index (χ2v) is 8.00. The number of hydrogen-bond acceptors (Lipinski definition) is 4. The minimum absolute atomic E-state index is 0.0888. The lowest BCUT2D eigenvalue weighted by molar-refractivity contribution is -0.123. The Labute approximate surface area is 161 Å². The molecule has 1 atom stereocenters. The van der Waals surface area contributed by atoms with Crippen molar-refractivity contribution >= 4 is 15.9 Å². The van der Waals surface area contributed by atoms with Gasteiger partial charge in [-0.1, -0.05) is 45.0 Å². The molecule has 2 rings (SSSR count). The summed E-state index contributed by atoms with van der Waals surface area (Å²) in [5.41, 5.74) is 4.40. The van der Waals surface area contributed by atoms with Crippen molar-refractivity contribution in [3.63, 3.8) is 0 Å². The Kier molecular flexibility index (Phi) is 7.38. The maximum atomic E-state index is 12.3. The van der Waals surface area contributed by atoms with Gasteiger partial charge in [0.2, 0.25) is 0 Å². The number of hydrazine groups is 1. The molecule has 2 N–H and O–H groups in total. The number of aryl methyl sites for hydroxylation is 1. The van der Waals surface area contributed by atoms with Gasteiger partial charge in [-0.3, -0.25) is 10.2 Å². The van der Waals surface area contributed by atoms with Gasteiger partial charge in [-0.15, -0.1) is 4.83 Å². The first-order valence-electron chi connectivity index (χ1n) is 8.98. The molecule has 0 aliphatic carbocycles. The fourth-order valence-corrected chi connectivity index (χ4v) is 3.26. The van der Waals surface area contributed by atoms with E-state index in [9.17, 15) is 13.2 Å². The first kappa shape index (κ1) is 20.9. The minimum atomic E-state index is -3.83. The standard InChI is InChI=1S/C20H26N2O4S/c1-4-15(3)17-8-12-19(13-9-17)27(24,25)22-21-20(23)14-26-18-10-6-16(5-2)7-11-18/h6-13,15,22H,4-5,14H2,1-3H3,(H,21,23)/t15-/m0/s1. The minimum Gasteiger partial charge on any atom is -0.484 e. The molecule has 0 spiro atoms. The number of carbonyl (C=O) groups is 1. The molecule has 7 heteroatoms. The molecule has 0 aromatic heterocycles. The summed E-state index contributed by atoms with van der Waals surface area (Å²) < 4.78 is 29.9. The highest BCUT2D eigenvalue weighted by atomic mass is 32.2. The van der Waals surface area contributed by atoms with Gasteiger partial charge in [0.15, 0.2) is 6.61 Å². The second kappa shape index (κ2) is 9.53. The topological polar surface area (TPSA) is 84.5 Å². The highest BCUT2D eigenvalue weighted by Crippen LogP contribution is 2.20. The molecular weight excluding hydrogens is 364 g/mol. The van der Waals surface area contributed by atoms with Crippen LogP contribution in [0.1, 0.15) is 44.2 Å². The zero-order chi connectivity index (χ0) is 19.9. The van der Waals surface area contributed by atoms with Crippen molar-refractivity contribution in [1.29, 1.82) is 0 Å². The van der Waals surface area contributed by atoms with E-state index in [1.54, 1.807) is 24.3 Å². The van der Waals surface area contributed by atoms with Gasteiger partial charge in [-0.05, 0) is 54.2 Å². The number of nitrogens with one attached hydrogen (secondary N) is 2. The molecule has 0 saturated heterocycles. The van der Waals surface area contributed by atoms with Crippen molar-refractivity contribution in [3.8, 4) is 5.75 Å². The lowest BCUT2D eigenvalue weighted by Crippen LogP contribution is -2.43. The normalized spacial score (nSPS) is 12.4. The van der Waals surface area contributed by atoms with Crippen LogP contribution in [0.2, 0.25) is 0 Å². The van der Waals surface area contributed by atoms with E-state index in [0.717, 1.165) is 18.4 Å². The van der Waals surface area contributed by atoms with Crippen molar-refractivity contribution in [1.82, 2.24) is 10.3 Å². The van der Waals surface area contributed by atoms with Gasteiger partial charge in [-0.2, -0.15) is 0 Å². The number of carbonyl (C=O) groups excluding carboxylic acids is 1. The lowest BCUT2D eigenvalue weighted by atomic mass is 9.99. The van der Waals surface area contributed by atoms with E-state index in [0.29, 0.717) is 11.7 Å². The molecule has 0 heterocycles. The predicted molar refractivity (Wildman–Crippen MR) is 105 cm³/mol. The van der Waals surface area contributed by atoms with Crippen LogP contribution in [0, 0.1) is 0 Å². The molecule has 0 radical (unpaired) electrons. The molecule has 0 bridgehead atoms. The zero-order valence-corrected chi connectivity index (χ0v) is 16.7. The average molecular weight is 391 g/mol. The van der Waals surface area contributed by atoms with Gasteiger partial charge in [0.05, 0.1) is 4.90 Å². The summed E-state index contributed by atoms with van der Waals surface area (Å²) >= 11 is 0. The van der Waals surface area contributed by atoms with Crippen LogP contribution in [0.4, 0.5) is 0 Å². The highest BCUT2D eigenvalue weighted by molar-refractivity contribution is 7.89. The Morgan fingerprint density at radius 2 is 1.67 bits per heavy atom. The lowest BCUT2D eigenvalue weighted by Gasteiger charge is -2.12. The van der Waals surface area contributed by atoms with Gasteiger partial charge in [-0.25, -0.2) is 8.42 Å². The smallest absolute Gasteiger partial charge is 0.272 e. The Morgan fingerprint density at radius 1 is 1.04 bits per heavy atom. The van der Waals surface area contributed by atoms with Crippen LogP contribution in [0.25, 0.3) is 0 Å². The number of benzene rings is 2. The van der Waals surface area contributed by atoms with Crippen LogP contribution in [0.15, 0.2) is 53.4 Å². The van der Waals surface area contributed by atoms with E-state index in [2.05, 4.69) is 24.1 Å². The summed E-state index contributed by atoms with van der Waals surface area (Å²) in [6, 6.07) is 14.0. The van der Waals surface area contributed by atoms with E-state index < -0.39 is 15.9 Å². The molecule has 2 aromatic carbocycles. The summed E-state index contributed by atoms with van der Waals surface area (Å²) in [7, 11) is -3.83. The highest BCUT2D eigenvalue weighted by Gasteiger charge is 2.16. The predicted octanol–water partition coefficient (Wildman–Crippen LogP) is 3.15. The van der Waals surface area contributed by atoms with E-state index in [4.69, 9.17) is 4.74 Å². The summed E-state index contributed by atoms with van der Waals surface area (Å²) in [5.74, 6) is 0.318. The van der Waals surface area contributed by atoms with Crippen molar-refractivity contribution < 1.29 is 17.9 Å². The molecular formula is C20H26N2O4S. The Morgan fingerprint density at radius 3 is 2.22 bits per heavy atom.